The largest absolute Gasteiger partial charge is 0.353 e. The van der Waals surface area contributed by atoms with Crippen LogP contribution >= 0.6 is 0 Å². The summed E-state index contributed by atoms with van der Waals surface area (Å²) in [5, 5.41) is 2.93. The van der Waals surface area contributed by atoms with Crippen molar-refractivity contribution in [1.29, 1.82) is 0 Å². The topological polar surface area (TPSA) is 12.0 Å². The molecule has 88 valence electrons. The van der Waals surface area contributed by atoms with E-state index >= 15 is 0 Å². The second kappa shape index (κ2) is 4.53. The van der Waals surface area contributed by atoms with Gasteiger partial charge in [0.25, 0.3) is 0 Å². The second-order valence-electron chi connectivity index (χ2n) is 4.02. The molecule has 0 saturated heterocycles. The van der Waals surface area contributed by atoms with Gasteiger partial charge in [0.1, 0.15) is 11.6 Å². The van der Waals surface area contributed by atoms with E-state index in [-0.39, 0.29) is 5.69 Å². The molecule has 1 N–H and O–H groups in total. The normalized spacial score (nSPS) is 10.4. The lowest BCUT2D eigenvalue weighted by molar-refractivity contribution is 0.603. The molecule has 0 fully saturated rings. The number of anilines is 2. The Morgan fingerprint density at radius 3 is 2.24 bits per heavy atom. The van der Waals surface area contributed by atoms with Gasteiger partial charge in [-0.05, 0) is 37.1 Å². The van der Waals surface area contributed by atoms with Crippen LogP contribution in [0.2, 0.25) is 0 Å². The SMILES string of the molecule is Cc1cccc(C)c1Nc1cc(F)ccc1F. The zero-order valence-electron chi connectivity index (χ0n) is 9.72. The molecule has 0 aliphatic rings. The van der Waals surface area contributed by atoms with Crippen LogP contribution in [0.5, 0.6) is 0 Å². The fourth-order valence-electron chi connectivity index (χ4n) is 1.74. The van der Waals surface area contributed by atoms with E-state index in [1.807, 2.05) is 32.0 Å². The predicted octanol–water partition coefficient (Wildman–Crippen LogP) is 4.33. The first-order chi connectivity index (χ1) is 8.08. The van der Waals surface area contributed by atoms with Crippen molar-refractivity contribution in [3.05, 3.63) is 59.2 Å². The summed E-state index contributed by atoms with van der Waals surface area (Å²) in [6.07, 6.45) is 0. The van der Waals surface area contributed by atoms with Crippen LogP contribution in [0.4, 0.5) is 20.2 Å². The maximum atomic E-state index is 13.5. The first-order valence-corrected chi connectivity index (χ1v) is 5.36. The molecule has 2 aromatic carbocycles. The van der Waals surface area contributed by atoms with Gasteiger partial charge < -0.3 is 5.32 Å². The Bertz CT molecular complexity index is 530. The molecule has 0 saturated carbocycles. The molecule has 0 spiro atoms. The summed E-state index contributed by atoms with van der Waals surface area (Å²) >= 11 is 0. The second-order valence-corrected chi connectivity index (χ2v) is 4.02. The van der Waals surface area contributed by atoms with Crippen LogP contribution in [0, 0.1) is 25.5 Å². The molecule has 0 aliphatic carbocycles. The molecule has 0 radical (unpaired) electrons. The summed E-state index contributed by atoms with van der Waals surface area (Å²) in [6.45, 7) is 3.85. The zero-order valence-corrected chi connectivity index (χ0v) is 9.72. The Morgan fingerprint density at radius 1 is 0.941 bits per heavy atom. The van der Waals surface area contributed by atoms with Crippen LogP contribution in [0.15, 0.2) is 36.4 Å². The summed E-state index contributed by atoms with van der Waals surface area (Å²) in [4.78, 5) is 0. The number of nitrogens with one attached hydrogen (secondary N) is 1. The Hall–Kier alpha value is -1.90. The van der Waals surface area contributed by atoms with Crippen LogP contribution in [0.1, 0.15) is 11.1 Å². The fraction of sp³-hybridized carbons (Fsp3) is 0.143. The van der Waals surface area contributed by atoms with Crippen LogP contribution in [-0.2, 0) is 0 Å². The van der Waals surface area contributed by atoms with Gasteiger partial charge in [-0.15, -0.1) is 0 Å². The van der Waals surface area contributed by atoms with E-state index in [2.05, 4.69) is 5.32 Å². The van der Waals surface area contributed by atoms with Gasteiger partial charge in [-0.3, -0.25) is 0 Å². The lowest BCUT2D eigenvalue weighted by Gasteiger charge is -2.13. The standard InChI is InChI=1S/C14H13F2N/c1-9-4-3-5-10(2)14(9)17-13-8-11(15)6-7-12(13)16/h3-8,17H,1-2H3. The van der Waals surface area contributed by atoms with Crippen molar-refractivity contribution in [3.8, 4) is 0 Å². The Kier molecular flexibility index (Phi) is 3.09. The van der Waals surface area contributed by atoms with Crippen molar-refractivity contribution in [1.82, 2.24) is 0 Å². The number of benzene rings is 2. The highest BCUT2D eigenvalue weighted by Gasteiger charge is 2.07. The number of hydrogen-bond acceptors (Lipinski definition) is 1. The molecule has 17 heavy (non-hydrogen) atoms. The van der Waals surface area contributed by atoms with Crippen LogP contribution < -0.4 is 5.32 Å². The highest BCUT2D eigenvalue weighted by atomic mass is 19.1. The van der Waals surface area contributed by atoms with Crippen LogP contribution in [0.3, 0.4) is 0 Å². The quantitative estimate of drug-likeness (QED) is 0.814. The average Bonchev–Trinajstić information content (AvgIpc) is 2.28. The highest BCUT2D eigenvalue weighted by molar-refractivity contribution is 5.66. The van der Waals surface area contributed by atoms with E-state index in [1.165, 1.54) is 0 Å². The van der Waals surface area contributed by atoms with Crippen molar-refractivity contribution in [2.45, 2.75) is 13.8 Å². The van der Waals surface area contributed by atoms with Gasteiger partial charge >= 0.3 is 0 Å². The third-order valence-corrected chi connectivity index (χ3v) is 2.67. The van der Waals surface area contributed by atoms with Gasteiger partial charge in [-0.25, -0.2) is 8.78 Å². The summed E-state index contributed by atoms with van der Waals surface area (Å²) in [7, 11) is 0. The predicted molar refractivity (Wildman–Crippen MR) is 65.6 cm³/mol. The maximum Gasteiger partial charge on any atom is 0.146 e. The number of halogens is 2. The van der Waals surface area contributed by atoms with E-state index in [4.69, 9.17) is 0 Å². The van der Waals surface area contributed by atoms with Crippen LogP contribution in [0.25, 0.3) is 0 Å². The fourth-order valence-corrected chi connectivity index (χ4v) is 1.74. The third kappa shape index (κ3) is 2.44. The van der Waals surface area contributed by atoms with Gasteiger partial charge in [0.05, 0.1) is 5.69 Å². The number of hydrogen-bond donors (Lipinski definition) is 1. The minimum atomic E-state index is -0.464. The molecule has 0 unspecified atom stereocenters. The first kappa shape index (κ1) is 11.6. The summed E-state index contributed by atoms with van der Waals surface area (Å²) < 4.78 is 26.5. The van der Waals surface area contributed by atoms with E-state index in [0.717, 1.165) is 35.0 Å². The molecule has 0 aromatic heterocycles. The third-order valence-electron chi connectivity index (χ3n) is 2.67. The van der Waals surface area contributed by atoms with Crippen molar-refractivity contribution in [2.24, 2.45) is 0 Å². The molecule has 0 aliphatic heterocycles. The van der Waals surface area contributed by atoms with Crippen molar-refractivity contribution < 1.29 is 8.78 Å². The lowest BCUT2D eigenvalue weighted by atomic mass is 10.1. The lowest BCUT2D eigenvalue weighted by Crippen LogP contribution is -1.98. The van der Waals surface area contributed by atoms with Gasteiger partial charge in [-0.1, -0.05) is 18.2 Å². The van der Waals surface area contributed by atoms with E-state index in [1.54, 1.807) is 0 Å². The van der Waals surface area contributed by atoms with Gasteiger partial charge in [-0.2, -0.15) is 0 Å². The molecule has 0 amide bonds. The molecule has 2 rings (SSSR count). The van der Waals surface area contributed by atoms with Crippen molar-refractivity contribution in [3.63, 3.8) is 0 Å². The Morgan fingerprint density at radius 2 is 1.59 bits per heavy atom. The van der Waals surface area contributed by atoms with Gasteiger partial charge in [0, 0.05) is 11.8 Å². The number of rotatable bonds is 2. The first-order valence-electron chi connectivity index (χ1n) is 5.36. The number of aryl methyl sites for hydroxylation is 2. The summed E-state index contributed by atoms with van der Waals surface area (Å²) in [5.74, 6) is -0.922. The van der Waals surface area contributed by atoms with Gasteiger partial charge in [0.15, 0.2) is 0 Å². The van der Waals surface area contributed by atoms with Crippen LogP contribution in [-0.4, -0.2) is 0 Å². The molecule has 3 heteroatoms. The summed E-state index contributed by atoms with van der Waals surface area (Å²) in [5.41, 5.74) is 2.96. The monoisotopic (exact) mass is 233 g/mol. The van der Waals surface area contributed by atoms with Crippen molar-refractivity contribution in [2.75, 3.05) is 5.32 Å². The van der Waals surface area contributed by atoms with E-state index in [0.29, 0.717) is 0 Å². The molecule has 2 aromatic rings. The molecule has 0 bridgehead atoms. The smallest absolute Gasteiger partial charge is 0.146 e. The Balaban J connectivity index is 2.41. The zero-order chi connectivity index (χ0) is 12.4. The van der Waals surface area contributed by atoms with E-state index in [9.17, 15) is 8.78 Å². The maximum absolute atomic E-state index is 13.5. The molecular weight excluding hydrogens is 220 g/mol. The highest BCUT2D eigenvalue weighted by Crippen LogP contribution is 2.26. The van der Waals surface area contributed by atoms with E-state index < -0.39 is 11.6 Å². The molecule has 0 atom stereocenters. The molecule has 1 nitrogen and oxygen atoms in total. The number of para-hydroxylation sites is 1. The molecular formula is C14H13F2N. The average molecular weight is 233 g/mol. The molecule has 0 heterocycles. The summed E-state index contributed by atoms with van der Waals surface area (Å²) in [6, 6.07) is 9.15. The minimum absolute atomic E-state index is 0.155. The Labute approximate surface area is 99.1 Å². The van der Waals surface area contributed by atoms with Crippen molar-refractivity contribution >= 4 is 11.4 Å². The minimum Gasteiger partial charge on any atom is -0.353 e. The van der Waals surface area contributed by atoms with Gasteiger partial charge in [0.2, 0.25) is 0 Å².